The summed E-state index contributed by atoms with van der Waals surface area (Å²) in [5.74, 6) is 2.11. The molecule has 1 heterocycles. The number of esters is 1. The number of furan rings is 1. The van der Waals surface area contributed by atoms with E-state index in [2.05, 4.69) is 0 Å². The normalized spacial score (nSPS) is 10.6. The van der Waals surface area contributed by atoms with Gasteiger partial charge in [-0.25, -0.2) is 4.79 Å². The predicted octanol–water partition coefficient (Wildman–Crippen LogP) is 5.76. The van der Waals surface area contributed by atoms with Crippen molar-refractivity contribution < 1.29 is 23.4 Å². The maximum Gasteiger partial charge on any atom is 0.379 e. The average Bonchev–Trinajstić information content (AvgIpc) is 3.06. The molecule has 0 aliphatic heterocycles. The van der Waals surface area contributed by atoms with Gasteiger partial charge in [0.25, 0.3) is 0 Å². The highest BCUT2D eigenvalue weighted by atomic mass is 16.5. The number of aryl methyl sites for hydroxylation is 1. The third kappa shape index (κ3) is 3.55. The Labute approximate surface area is 162 Å². The van der Waals surface area contributed by atoms with E-state index in [9.17, 15) is 4.79 Å². The van der Waals surface area contributed by atoms with Crippen LogP contribution in [-0.2, 0) is 0 Å². The number of rotatable bonds is 5. The topological polar surface area (TPSA) is 57.9 Å². The maximum absolute atomic E-state index is 12.6. The van der Waals surface area contributed by atoms with Gasteiger partial charge in [-0.3, -0.25) is 0 Å². The number of fused-ring (bicyclic) bond motifs is 1. The van der Waals surface area contributed by atoms with Gasteiger partial charge in [0.05, 0.1) is 7.11 Å². The molecular weight excluding hydrogens is 356 g/mol. The molecular formula is C23H18O5. The summed E-state index contributed by atoms with van der Waals surface area (Å²) in [6.45, 7) is 1.82. The van der Waals surface area contributed by atoms with Gasteiger partial charge >= 0.3 is 5.97 Å². The first-order valence-corrected chi connectivity index (χ1v) is 8.76. The van der Waals surface area contributed by atoms with Crippen LogP contribution < -0.4 is 14.2 Å². The Morgan fingerprint density at radius 1 is 0.821 bits per heavy atom. The van der Waals surface area contributed by atoms with Crippen molar-refractivity contribution in [1.82, 2.24) is 0 Å². The lowest BCUT2D eigenvalue weighted by Crippen LogP contribution is -2.08. The Morgan fingerprint density at radius 2 is 1.46 bits per heavy atom. The molecule has 0 fully saturated rings. The van der Waals surface area contributed by atoms with Crippen molar-refractivity contribution >= 4 is 16.9 Å². The molecule has 0 saturated heterocycles. The number of methoxy groups -OCH3 is 1. The molecule has 0 atom stereocenters. The lowest BCUT2D eigenvalue weighted by atomic mass is 10.1. The van der Waals surface area contributed by atoms with Crippen molar-refractivity contribution in [2.24, 2.45) is 0 Å². The standard InChI is InChI=1S/C23H18O5/c1-15-20-14-19(25-2)12-13-21(20)28-22(15)23(24)27-18-10-8-17(9-11-18)26-16-6-4-3-5-7-16/h3-14H,1-2H3. The molecule has 4 aromatic rings. The van der Waals surface area contributed by atoms with E-state index >= 15 is 0 Å². The summed E-state index contributed by atoms with van der Waals surface area (Å²) >= 11 is 0. The highest BCUT2D eigenvalue weighted by Gasteiger charge is 2.20. The Morgan fingerprint density at radius 3 is 2.18 bits per heavy atom. The second kappa shape index (κ2) is 7.48. The van der Waals surface area contributed by atoms with Crippen molar-refractivity contribution in [2.75, 3.05) is 7.11 Å². The molecule has 0 saturated carbocycles. The first-order valence-electron chi connectivity index (χ1n) is 8.76. The van der Waals surface area contributed by atoms with Gasteiger partial charge in [-0.2, -0.15) is 0 Å². The van der Waals surface area contributed by atoms with Crippen LogP contribution in [0.1, 0.15) is 16.1 Å². The van der Waals surface area contributed by atoms with Crippen LogP contribution in [-0.4, -0.2) is 13.1 Å². The highest BCUT2D eigenvalue weighted by molar-refractivity contribution is 5.97. The molecule has 0 amide bonds. The second-order valence-corrected chi connectivity index (χ2v) is 6.19. The van der Waals surface area contributed by atoms with E-state index in [0.717, 1.165) is 11.1 Å². The predicted molar refractivity (Wildman–Crippen MR) is 105 cm³/mol. The molecule has 0 aliphatic rings. The summed E-state index contributed by atoms with van der Waals surface area (Å²) in [5, 5.41) is 0.818. The van der Waals surface area contributed by atoms with Crippen LogP contribution >= 0.6 is 0 Å². The second-order valence-electron chi connectivity index (χ2n) is 6.19. The third-order valence-electron chi connectivity index (χ3n) is 4.34. The quantitative estimate of drug-likeness (QED) is 0.328. The Hall–Kier alpha value is -3.73. The van der Waals surface area contributed by atoms with E-state index < -0.39 is 5.97 Å². The lowest BCUT2D eigenvalue weighted by Gasteiger charge is -2.07. The van der Waals surface area contributed by atoms with Crippen LogP contribution in [0.4, 0.5) is 0 Å². The van der Waals surface area contributed by atoms with Crippen LogP contribution in [0, 0.1) is 6.92 Å². The van der Waals surface area contributed by atoms with E-state index in [-0.39, 0.29) is 5.76 Å². The van der Waals surface area contributed by atoms with Gasteiger partial charge in [-0.05, 0) is 61.5 Å². The number of carbonyl (C=O) groups is 1. The fraction of sp³-hybridized carbons (Fsp3) is 0.0870. The number of hydrogen-bond acceptors (Lipinski definition) is 5. The molecule has 0 aliphatic carbocycles. The molecule has 0 unspecified atom stereocenters. The molecule has 1 aromatic heterocycles. The first-order chi connectivity index (χ1) is 13.6. The van der Waals surface area contributed by atoms with Crippen molar-refractivity contribution in [1.29, 1.82) is 0 Å². The van der Waals surface area contributed by atoms with E-state index in [1.165, 1.54) is 0 Å². The zero-order valence-corrected chi connectivity index (χ0v) is 15.5. The van der Waals surface area contributed by atoms with Crippen molar-refractivity contribution in [3.63, 3.8) is 0 Å². The fourth-order valence-electron chi connectivity index (χ4n) is 2.88. The molecule has 4 rings (SSSR count). The minimum Gasteiger partial charge on any atom is -0.497 e. The smallest absolute Gasteiger partial charge is 0.379 e. The van der Waals surface area contributed by atoms with Gasteiger partial charge in [0.2, 0.25) is 5.76 Å². The summed E-state index contributed by atoms with van der Waals surface area (Å²) in [5.41, 5.74) is 1.32. The lowest BCUT2D eigenvalue weighted by molar-refractivity contribution is 0.0702. The van der Waals surface area contributed by atoms with Gasteiger partial charge < -0.3 is 18.6 Å². The SMILES string of the molecule is COc1ccc2oc(C(=O)Oc3ccc(Oc4ccccc4)cc3)c(C)c2c1. The van der Waals surface area contributed by atoms with Crippen LogP contribution in [0.15, 0.2) is 77.2 Å². The molecule has 28 heavy (non-hydrogen) atoms. The number of ether oxygens (including phenoxy) is 3. The van der Waals surface area contributed by atoms with Gasteiger partial charge in [-0.1, -0.05) is 18.2 Å². The van der Waals surface area contributed by atoms with E-state index in [1.54, 1.807) is 43.5 Å². The monoisotopic (exact) mass is 374 g/mol. The highest BCUT2D eigenvalue weighted by Crippen LogP contribution is 2.30. The van der Waals surface area contributed by atoms with E-state index in [0.29, 0.717) is 28.4 Å². The molecule has 0 N–H and O–H groups in total. The summed E-state index contributed by atoms with van der Waals surface area (Å²) in [7, 11) is 1.59. The summed E-state index contributed by atoms with van der Waals surface area (Å²) in [4.78, 5) is 12.6. The molecule has 5 nitrogen and oxygen atoms in total. The van der Waals surface area contributed by atoms with Crippen molar-refractivity contribution in [2.45, 2.75) is 6.92 Å². The largest absolute Gasteiger partial charge is 0.497 e. The Bertz CT molecular complexity index is 1110. The summed E-state index contributed by atoms with van der Waals surface area (Å²) in [6, 6.07) is 21.7. The van der Waals surface area contributed by atoms with Crippen molar-refractivity contribution in [3.05, 3.63) is 84.1 Å². The van der Waals surface area contributed by atoms with Gasteiger partial charge in [0.15, 0.2) is 0 Å². The van der Waals surface area contributed by atoms with Gasteiger partial charge in [-0.15, -0.1) is 0 Å². The van der Waals surface area contributed by atoms with E-state index in [1.807, 2.05) is 43.3 Å². The molecule has 140 valence electrons. The first kappa shape index (κ1) is 17.7. The number of carbonyl (C=O) groups excluding carboxylic acids is 1. The number of para-hydroxylation sites is 1. The zero-order valence-electron chi connectivity index (χ0n) is 15.5. The van der Waals surface area contributed by atoms with Gasteiger partial charge in [0, 0.05) is 10.9 Å². The van der Waals surface area contributed by atoms with E-state index in [4.69, 9.17) is 18.6 Å². The maximum atomic E-state index is 12.6. The molecule has 0 bridgehead atoms. The van der Waals surface area contributed by atoms with Crippen LogP contribution in [0.3, 0.4) is 0 Å². The number of benzene rings is 3. The minimum absolute atomic E-state index is 0.174. The number of hydrogen-bond donors (Lipinski definition) is 0. The minimum atomic E-state index is -0.551. The summed E-state index contributed by atoms with van der Waals surface area (Å²) < 4.78 is 22.1. The summed E-state index contributed by atoms with van der Waals surface area (Å²) in [6.07, 6.45) is 0. The fourth-order valence-corrected chi connectivity index (χ4v) is 2.88. The third-order valence-corrected chi connectivity index (χ3v) is 4.34. The van der Waals surface area contributed by atoms with Crippen LogP contribution in [0.25, 0.3) is 11.0 Å². The van der Waals surface area contributed by atoms with Crippen molar-refractivity contribution in [3.8, 4) is 23.0 Å². The zero-order chi connectivity index (χ0) is 19.5. The van der Waals surface area contributed by atoms with Gasteiger partial charge in [0.1, 0.15) is 28.6 Å². The molecule has 3 aromatic carbocycles. The molecule has 5 heteroatoms. The Balaban J connectivity index is 1.50. The molecule has 0 spiro atoms. The van der Waals surface area contributed by atoms with Crippen LogP contribution in [0.2, 0.25) is 0 Å². The Kier molecular flexibility index (Phi) is 4.72. The average molecular weight is 374 g/mol. The molecule has 0 radical (unpaired) electrons. The van der Waals surface area contributed by atoms with Crippen LogP contribution in [0.5, 0.6) is 23.0 Å².